The Balaban J connectivity index is 2.68. The molecule has 0 fully saturated rings. The molecule has 106 valence electrons. The van der Waals surface area contributed by atoms with Gasteiger partial charge in [0.15, 0.2) is 0 Å². The van der Waals surface area contributed by atoms with Crippen LogP contribution in [0.1, 0.15) is 18.5 Å². The molecule has 0 radical (unpaired) electrons. The van der Waals surface area contributed by atoms with E-state index in [0.717, 1.165) is 11.3 Å². The largest absolute Gasteiger partial charge is 0.496 e. The monoisotopic (exact) mass is 292 g/mol. The fourth-order valence-electron chi connectivity index (χ4n) is 2.15. The molecular weight excluding hydrogens is 276 g/mol. The minimum Gasteiger partial charge on any atom is -0.496 e. The fraction of sp³-hybridized carbons (Fsp3) is 0.267. The number of hydrogen-bond acceptors (Lipinski definition) is 3. The summed E-state index contributed by atoms with van der Waals surface area (Å²) >= 11 is 6.03. The van der Waals surface area contributed by atoms with Crippen molar-refractivity contribution >= 4 is 11.6 Å². The Hall–Kier alpha value is -1.78. The number of aromatic nitrogens is 1. The van der Waals surface area contributed by atoms with Crippen LogP contribution < -0.4 is 16.0 Å². The van der Waals surface area contributed by atoms with E-state index in [1.807, 2.05) is 6.07 Å². The molecule has 0 saturated carbocycles. The molecule has 1 atom stereocenters. The average Bonchev–Trinajstić information content (AvgIpc) is 2.41. The fourth-order valence-corrected chi connectivity index (χ4v) is 2.32. The van der Waals surface area contributed by atoms with Gasteiger partial charge < -0.3 is 15.0 Å². The van der Waals surface area contributed by atoms with Gasteiger partial charge in [-0.3, -0.25) is 4.79 Å². The van der Waals surface area contributed by atoms with Crippen LogP contribution >= 0.6 is 11.6 Å². The molecule has 1 unspecified atom stereocenters. The highest BCUT2D eigenvalue weighted by molar-refractivity contribution is 6.30. The van der Waals surface area contributed by atoms with Gasteiger partial charge in [0.25, 0.3) is 5.56 Å². The van der Waals surface area contributed by atoms with Crippen molar-refractivity contribution in [3.8, 4) is 17.0 Å². The molecule has 5 heteroatoms. The van der Waals surface area contributed by atoms with Gasteiger partial charge in [-0.2, -0.15) is 0 Å². The lowest BCUT2D eigenvalue weighted by Gasteiger charge is -2.15. The molecule has 2 rings (SSSR count). The molecule has 20 heavy (non-hydrogen) atoms. The van der Waals surface area contributed by atoms with Crippen LogP contribution in [0.5, 0.6) is 5.75 Å². The summed E-state index contributed by atoms with van der Waals surface area (Å²) in [7, 11) is 3.30. The molecule has 1 aromatic heterocycles. The van der Waals surface area contributed by atoms with E-state index >= 15 is 0 Å². The van der Waals surface area contributed by atoms with E-state index in [1.54, 1.807) is 49.9 Å². The Morgan fingerprint density at radius 1 is 1.30 bits per heavy atom. The molecule has 0 saturated heterocycles. The summed E-state index contributed by atoms with van der Waals surface area (Å²) in [5, 5.41) is 0.588. The lowest BCUT2D eigenvalue weighted by atomic mass is 10.1. The topological polar surface area (TPSA) is 57.2 Å². The third kappa shape index (κ3) is 2.57. The van der Waals surface area contributed by atoms with Crippen LogP contribution in [-0.4, -0.2) is 11.7 Å². The lowest BCUT2D eigenvalue weighted by molar-refractivity contribution is 0.416. The highest BCUT2D eigenvalue weighted by Crippen LogP contribution is 2.31. The second-order valence-corrected chi connectivity index (χ2v) is 5.11. The Labute approximate surface area is 122 Å². The Bertz CT molecular complexity index is 693. The van der Waals surface area contributed by atoms with Crippen molar-refractivity contribution in [2.24, 2.45) is 12.8 Å². The third-order valence-electron chi connectivity index (χ3n) is 3.26. The zero-order valence-electron chi connectivity index (χ0n) is 11.7. The smallest absolute Gasteiger partial charge is 0.255 e. The van der Waals surface area contributed by atoms with Crippen LogP contribution in [0.15, 0.2) is 35.1 Å². The summed E-state index contributed by atoms with van der Waals surface area (Å²) in [4.78, 5) is 12.3. The minimum absolute atomic E-state index is 0.112. The van der Waals surface area contributed by atoms with Crippen molar-refractivity contribution in [2.75, 3.05) is 7.11 Å². The van der Waals surface area contributed by atoms with E-state index in [1.165, 1.54) is 0 Å². The lowest BCUT2D eigenvalue weighted by Crippen LogP contribution is -2.26. The average molecular weight is 293 g/mol. The molecule has 4 nitrogen and oxygen atoms in total. The van der Waals surface area contributed by atoms with E-state index in [2.05, 4.69) is 0 Å². The number of nitrogens with two attached hydrogens (primary N) is 1. The summed E-state index contributed by atoms with van der Waals surface area (Å²) in [6, 6.07) is 8.61. The van der Waals surface area contributed by atoms with Crippen LogP contribution in [0.25, 0.3) is 11.3 Å². The molecule has 0 aliphatic carbocycles. The summed E-state index contributed by atoms with van der Waals surface area (Å²) < 4.78 is 6.89. The summed E-state index contributed by atoms with van der Waals surface area (Å²) in [6.45, 7) is 1.79. The second kappa shape index (κ2) is 5.69. The maximum Gasteiger partial charge on any atom is 0.255 e. The van der Waals surface area contributed by atoms with Crippen LogP contribution in [-0.2, 0) is 7.05 Å². The summed E-state index contributed by atoms with van der Waals surface area (Å²) in [5.74, 6) is 0.665. The van der Waals surface area contributed by atoms with E-state index in [-0.39, 0.29) is 11.6 Å². The normalized spacial score (nSPS) is 12.2. The van der Waals surface area contributed by atoms with Gasteiger partial charge >= 0.3 is 0 Å². The minimum atomic E-state index is -0.302. The van der Waals surface area contributed by atoms with Crippen molar-refractivity contribution in [3.63, 3.8) is 0 Å². The standard InChI is InChI=1S/C15H17ClN2O2/c1-9(17)11-5-6-13(18(2)15(11)19)12-8-10(16)4-7-14(12)20-3/h4-9H,17H2,1-3H3. The number of nitrogens with zero attached hydrogens (tertiary/aromatic N) is 1. The molecular formula is C15H17ClN2O2. The Morgan fingerprint density at radius 3 is 2.60 bits per heavy atom. The first-order valence-electron chi connectivity index (χ1n) is 6.25. The number of ether oxygens (including phenoxy) is 1. The molecule has 0 aliphatic rings. The number of hydrogen-bond donors (Lipinski definition) is 1. The van der Waals surface area contributed by atoms with Gasteiger partial charge in [0.2, 0.25) is 0 Å². The van der Waals surface area contributed by atoms with Crippen LogP contribution in [0, 0.1) is 0 Å². The van der Waals surface area contributed by atoms with Gasteiger partial charge in [-0.25, -0.2) is 0 Å². The van der Waals surface area contributed by atoms with Gasteiger partial charge in [0.1, 0.15) is 5.75 Å². The predicted octanol–water partition coefficient (Wildman–Crippen LogP) is 2.73. The van der Waals surface area contributed by atoms with Crippen molar-refractivity contribution in [1.82, 2.24) is 4.57 Å². The highest BCUT2D eigenvalue weighted by atomic mass is 35.5. The number of benzene rings is 1. The second-order valence-electron chi connectivity index (χ2n) is 4.67. The van der Waals surface area contributed by atoms with Crippen LogP contribution in [0.4, 0.5) is 0 Å². The van der Waals surface area contributed by atoms with Crippen molar-refractivity contribution in [1.29, 1.82) is 0 Å². The SMILES string of the molecule is COc1ccc(Cl)cc1-c1ccc(C(C)N)c(=O)n1C. The van der Waals surface area contributed by atoms with Gasteiger partial charge in [-0.1, -0.05) is 11.6 Å². The first kappa shape index (κ1) is 14.6. The molecule has 0 amide bonds. The zero-order valence-corrected chi connectivity index (χ0v) is 12.4. The molecule has 0 spiro atoms. The number of halogens is 1. The van der Waals surface area contributed by atoms with Crippen molar-refractivity contribution in [2.45, 2.75) is 13.0 Å². The quantitative estimate of drug-likeness (QED) is 0.946. The predicted molar refractivity (Wildman–Crippen MR) is 81.3 cm³/mol. The van der Waals surface area contributed by atoms with E-state index in [0.29, 0.717) is 16.3 Å². The Kier molecular flexibility index (Phi) is 4.16. The van der Waals surface area contributed by atoms with Crippen LogP contribution in [0.2, 0.25) is 5.02 Å². The first-order valence-corrected chi connectivity index (χ1v) is 6.63. The molecule has 1 aromatic carbocycles. The molecule has 1 heterocycles. The Morgan fingerprint density at radius 2 is 2.00 bits per heavy atom. The molecule has 2 aromatic rings. The van der Waals surface area contributed by atoms with E-state index < -0.39 is 0 Å². The molecule has 0 bridgehead atoms. The van der Waals surface area contributed by atoms with Gasteiger partial charge in [0.05, 0.1) is 12.8 Å². The first-order chi connectivity index (χ1) is 9.45. The highest BCUT2D eigenvalue weighted by Gasteiger charge is 2.13. The van der Waals surface area contributed by atoms with Crippen molar-refractivity contribution in [3.05, 3.63) is 51.3 Å². The maximum absolute atomic E-state index is 12.3. The third-order valence-corrected chi connectivity index (χ3v) is 3.50. The molecule has 0 aliphatic heterocycles. The van der Waals surface area contributed by atoms with E-state index in [4.69, 9.17) is 22.1 Å². The van der Waals surface area contributed by atoms with Gasteiger partial charge in [0, 0.05) is 29.2 Å². The number of methoxy groups -OCH3 is 1. The zero-order chi connectivity index (χ0) is 14.9. The van der Waals surface area contributed by atoms with Crippen LogP contribution in [0.3, 0.4) is 0 Å². The van der Waals surface area contributed by atoms with Gasteiger partial charge in [-0.05, 0) is 37.3 Å². The number of pyridine rings is 1. The summed E-state index contributed by atoms with van der Waals surface area (Å²) in [6.07, 6.45) is 0. The van der Waals surface area contributed by atoms with E-state index in [9.17, 15) is 4.79 Å². The van der Waals surface area contributed by atoms with Crippen molar-refractivity contribution < 1.29 is 4.74 Å². The van der Waals surface area contributed by atoms with Gasteiger partial charge in [-0.15, -0.1) is 0 Å². The maximum atomic E-state index is 12.3. The summed E-state index contributed by atoms with van der Waals surface area (Å²) in [5.41, 5.74) is 7.77. The molecule has 2 N–H and O–H groups in total. The number of rotatable bonds is 3.